The molecule has 0 saturated heterocycles. The van der Waals surface area contributed by atoms with E-state index in [9.17, 15) is 9.59 Å². The lowest BCUT2D eigenvalue weighted by Gasteiger charge is -2.10. The molecule has 0 aliphatic carbocycles. The number of rotatable bonds is 5. The van der Waals surface area contributed by atoms with Crippen molar-refractivity contribution in [1.82, 2.24) is 0 Å². The molecule has 0 aliphatic heterocycles. The molecule has 0 fully saturated rings. The average Bonchev–Trinajstić information content (AvgIpc) is 2.00. The van der Waals surface area contributed by atoms with Crippen molar-refractivity contribution in [3.8, 4) is 0 Å². The number of hydrogen-bond donors (Lipinski definition) is 0. The fourth-order valence-corrected chi connectivity index (χ4v) is 0.728. The number of ether oxygens (including phenoxy) is 1. The smallest absolute Gasteiger partial charge is 0.305 e. The average molecular weight is 248 g/mol. The number of carbonyl (C=O) groups is 2. The number of halogens is 3. The molecule has 0 radical (unpaired) electrons. The summed E-state index contributed by atoms with van der Waals surface area (Å²) in [5, 5.41) is 0. The minimum absolute atomic E-state index is 0.166. The second-order valence-electron chi connectivity index (χ2n) is 2.33. The summed E-state index contributed by atoms with van der Waals surface area (Å²) in [6.07, 6.45) is 1.70. The number of aldehydes is 1. The first kappa shape index (κ1) is 13.0. The van der Waals surface area contributed by atoms with E-state index in [1.54, 1.807) is 0 Å². The highest BCUT2D eigenvalue weighted by atomic mass is 35.6. The third-order valence-corrected chi connectivity index (χ3v) is 1.43. The largest absolute Gasteiger partial charge is 0.461 e. The van der Waals surface area contributed by atoms with Gasteiger partial charge in [-0.3, -0.25) is 4.79 Å². The number of alkyl halides is 3. The summed E-state index contributed by atoms with van der Waals surface area (Å²) in [6, 6.07) is 0. The number of carbonyl (C=O) groups excluding carboxylic acids is 2. The molecule has 0 rings (SSSR count). The molecule has 6 heteroatoms. The van der Waals surface area contributed by atoms with Gasteiger partial charge in [0.1, 0.15) is 12.9 Å². The molecule has 0 N–H and O–H groups in total. The van der Waals surface area contributed by atoms with Crippen LogP contribution in [0.1, 0.15) is 19.3 Å². The van der Waals surface area contributed by atoms with Gasteiger partial charge in [-0.2, -0.15) is 0 Å². The van der Waals surface area contributed by atoms with Crippen LogP contribution in [0.15, 0.2) is 0 Å². The molecule has 3 nitrogen and oxygen atoms in total. The van der Waals surface area contributed by atoms with Crippen molar-refractivity contribution in [3.05, 3.63) is 0 Å². The molecule has 0 heterocycles. The summed E-state index contributed by atoms with van der Waals surface area (Å²) in [5.41, 5.74) is 0. The lowest BCUT2D eigenvalue weighted by molar-refractivity contribution is -0.143. The summed E-state index contributed by atoms with van der Waals surface area (Å²) in [6.45, 7) is -0.266. The number of unbranched alkanes of at least 4 members (excludes halogenated alkanes) is 1. The van der Waals surface area contributed by atoms with E-state index in [-0.39, 0.29) is 13.0 Å². The Morgan fingerprint density at radius 1 is 1.38 bits per heavy atom. The van der Waals surface area contributed by atoms with Crippen molar-refractivity contribution >= 4 is 47.1 Å². The van der Waals surface area contributed by atoms with E-state index in [1.165, 1.54) is 0 Å². The summed E-state index contributed by atoms with van der Waals surface area (Å²) in [7, 11) is 0. The predicted molar refractivity (Wildman–Crippen MR) is 51.2 cm³/mol. The summed E-state index contributed by atoms with van der Waals surface area (Å²) >= 11 is 16.0. The molecule has 0 unspecified atom stereocenters. The second-order valence-corrected chi connectivity index (χ2v) is 4.85. The van der Waals surface area contributed by atoms with Gasteiger partial charge >= 0.3 is 5.97 Å². The van der Waals surface area contributed by atoms with Gasteiger partial charge in [0.25, 0.3) is 0 Å². The molecule has 0 aromatic heterocycles. The van der Waals surface area contributed by atoms with Crippen LogP contribution in [0.5, 0.6) is 0 Å². The molecule has 0 atom stereocenters. The minimum Gasteiger partial charge on any atom is -0.461 e. The van der Waals surface area contributed by atoms with E-state index in [0.717, 1.165) is 6.29 Å². The van der Waals surface area contributed by atoms with Gasteiger partial charge in [-0.25, -0.2) is 0 Å². The Balaban J connectivity index is 3.46. The van der Waals surface area contributed by atoms with Crippen molar-refractivity contribution in [2.75, 3.05) is 6.61 Å². The maximum atomic E-state index is 10.9. The first-order chi connectivity index (χ1) is 5.95. The Morgan fingerprint density at radius 2 is 2.00 bits per heavy atom. The fourth-order valence-electron chi connectivity index (χ4n) is 0.564. The molecular formula is C7H9Cl3O3. The van der Waals surface area contributed by atoms with Crippen molar-refractivity contribution in [3.63, 3.8) is 0 Å². The molecular weight excluding hydrogens is 238 g/mol. The lowest BCUT2D eigenvalue weighted by atomic mass is 10.2. The Bertz CT molecular complexity index is 176. The molecule has 0 spiro atoms. The van der Waals surface area contributed by atoms with Crippen LogP contribution in [-0.4, -0.2) is 22.7 Å². The maximum absolute atomic E-state index is 10.9. The topological polar surface area (TPSA) is 43.4 Å². The molecule has 0 aromatic carbocycles. The van der Waals surface area contributed by atoms with Crippen LogP contribution in [0, 0.1) is 0 Å². The molecule has 0 amide bonds. The zero-order valence-corrected chi connectivity index (χ0v) is 9.03. The van der Waals surface area contributed by atoms with Gasteiger partial charge in [0, 0.05) is 12.8 Å². The van der Waals surface area contributed by atoms with E-state index in [4.69, 9.17) is 34.8 Å². The van der Waals surface area contributed by atoms with Gasteiger partial charge in [-0.1, -0.05) is 34.8 Å². The number of hydrogen-bond acceptors (Lipinski definition) is 3. The molecule has 13 heavy (non-hydrogen) atoms. The van der Waals surface area contributed by atoms with Gasteiger partial charge in [0.2, 0.25) is 3.79 Å². The first-order valence-electron chi connectivity index (χ1n) is 3.61. The highest BCUT2D eigenvalue weighted by Gasteiger charge is 2.21. The van der Waals surface area contributed by atoms with Crippen molar-refractivity contribution < 1.29 is 14.3 Å². The maximum Gasteiger partial charge on any atom is 0.305 e. The zero-order chi connectivity index (χ0) is 10.3. The molecule has 0 aromatic rings. The van der Waals surface area contributed by atoms with Gasteiger partial charge in [-0.15, -0.1) is 0 Å². The van der Waals surface area contributed by atoms with Crippen LogP contribution in [-0.2, 0) is 14.3 Å². The molecule has 0 saturated carbocycles. The highest BCUT2D eigenvalue weighted by Crippen LogP contribution is 2.26. The van der Waals surface area contributed by atoms with Crippen LogP contribution >= 0.6 is 34.8 Å². The van der Waals surface area contributed by atoms with E-state index in [0.29, 0.717) is 12.8 Å². The minimum atomic E-state index is -1.57. The third kappa shape index (κ3) is 9.93. The Kier molecular flexibility index (Phi) is 6.47. The van der Waals surface area contributed by atoms with Crippen LogP contribution in [0.25, 0.3) is 0 Å². The SMILES string of the molecule is O=CCCCC(=O)OCC(Cl)(Cl)Cl. The van der Waals surface area contributed by atoms with Crippen molar-refractivity contribution in [1.29, 1.82) is 0 Å². The third-order valence-electron chi connectivity index (χ3n) is 1.10. The van der Waals surface area contributed by atoms with Gasteiger partial charge in [0.15, 0.2) is 0 Å². The quantitative estimate of drug-likeness (QED) is 0.324. The molecule has 0 aliphatic rings. The summed E-state index contributed by atoms with van der Waals surface area (Å²) in [4.78, 5) is 20.7. The zero-order valence-electron chi connectivity index (χ0n) is 6.76. The van der Waals surface area contributed by atoms with E-state index in [1.807, 2.05) is 0 Å². The Morgan fingerprint density at radius 3 is 2.46 bits per heavy atom. The van der Waals surface area contributed by atoms with Crippen LogP contribution < -0.4 is 0 Å². The fraction of sp³-hybridized carbons (Fsp3) is 0.714. The van der Waals surface area contributed by atoms with Crippen LogP contribution in [0.3, 0.4) is 0 Å². The Labute approximate surface area is 91.3 Å². The van der Waals surface area contributed by atoms with Crippen molar-refractivity contribution in [2.45, 2.75) is 23.1 Å². The normalized spacial score (nSPS) is 11.0. The van der Waals surface area contributed by atoms with Crippen LogP contribution in [0.2, 0.25) is 0 Å². The van der Waals surface area contributed by atoms with E-state index in [2.05, 4.69) is 4.74 Å². The monoisotopic (exact) mass is 246 g/mol. The Hall–Kier alpha value is 0.01000. The highest BCUT2D eigenvalue weighted by molar-refractivity contribution is 6.67. The number of esters is 1. The molecule has 0 bridgehead atoms. The predicted octanol–water partition coefficient (Wildman–Crippen LogP) is 2.27. The first-order valence-corrected chi connectivity index (χ1v) is 4.75. The summed E-state index contributed by atoms with van der Waals surface area (Å²) in [5.74, 6) is -0.465. The summed E-state index contributed by atoms with van der Waals surface area (Å²) < 4.78 is 3.03. The van der Waals surface area contributed by atoms with Crippen molar-refractivity contribution in [2.24, 2.45) is 0 Å². The molecule has 76 valence electrons. The van der Waals surface area contributed by atoms with E-state index < -0.39 is 9.76 Å². The van der Waals surface area contributed by atoms with Gasteiger partial charge in [-0.05, 0) is 6.42 Å². The second kappa shape index (κ2) is 6.46. The van der Waals surface area contributed by atoms with E-state index >= 15 is 0 Å². The van der Waals surface area contributed by atoms with Crippen LogP contribution in [0.4, 0.5) is 0 Å². The van der Waals surface area contributed by atoms with Gasteiger partial charge in [0.05, 0.1) is 0 Å². The van der Waals surface area contributed by atoms with Gasteiger partial charge < -0.3 is 9.53 Å². The standard InChI is InChI=1S/C7H9Cl3O3/c8-7(9,10)5-13-6(12)3-1-2-4-11/h4H,1-3,5H2. The lowest BCUT2D eigenvalue weighted by Crippen LogP contribution is -2.17.